The van der Waals surface area contributed by atoms with Crippen LogP contribution in [0.15, 0.2) is 24.3 Å². The fraction of sp³-hybridized carbons (Fsp3) is 0.375. The summed E-state index contributed by atoms with van der Waals surface area (Å²) in [7, 11) is 0. The molecule has 2 unspecified atom stereocenters. The summed E-state index contributed by atoms with van der Waals surface area (Å²) in [5, 5.41) is 17.9. The Morgan fingerprint density at radius 1 is 1.50 bits per heavy atom. The lowest BCUT2D eigenvalue weighted by atomic mass is 10.1. The molecule has 1 aliphatic carbocycles. The molecule has 7 nitrogen and oxygen atoms in total. The fourth-order valence-electron chi connectivity index (χ4n) is 2.95. The standard InChI is InChI=1S/C16H17FN4O3/c1-9-16(21(23)24)10(2)20(19-9)8-15(22)18-14-7-13(14)11-4-3-5-12(17)6-11/h3-6,13-14H,7-8H2,1-2H3,(H,18,22). The second kappa shape index (κ2) is 6.03. The summed E-state index contributed by atoms with van der Waals surface area (Å²) in [5.74, 6) is -0.446. The quantitative estimate of drug-likeness (QED) is 0.671. The smallest absolute Gasteiger partial charge is 0.312 e. The van der Waals surface area contributed by atoms with Crippen LogP contribution in [0.4, 0.5) is 10.1 Å². The van der Waals surface area contributed by atoms with Gasteiger partial charge in [0.05, 0.1) is 4.92 Å². The zero-order chi connectivity index (χ0) is 17.4. The van der Waals surface area contributed by atoms with Crippen molar-refractivity contribution in [3.63, 3.8) is 0 Å². The summed E-state index contributed by atoms with van der Waals surface area (Å²) in [4.78, 5) is 22.6. The lowest BCUT2D eigenvalue weighted by molar-refractivity contribution is -0.386. The molecule has 24 heavy (non-hydrogen) atoms. The summed E-state index contributed by atoms with van der Waals surface area (Å²) in [6.45, 7) is 3.03. The van der Waals surface area contributed by atoms with E-state index in [9.17, 15) is 19.3 Å². The summed E-state index contributed by atoms with van der Waals surface area (Å²) < 4.78 is 14.6. The van der Waals surface area contributed by atoms with Crippen molar-refractivity contribution in [2.24, 2.45) is 0 Å². The average molecular weight is 332 g/mol. The van der Waals surface area contributed by atoms with Gasteiger partial charge in [0.2, 0.25) is 5.91 Å². The molecule has 1 amide bonds. The monoisotopic (exact) mass is 332 g/mol. The predicted octanol–water partition coefficient (Wildman–Crippen LogP) is 2.22. The van der Waals surface area contributed by atoms with Crippen LogP contribution in [0.25, 0.3) is 0 Å². The van der Waals surface area contributed by atoms with Crippen LogP contribution in [-0.2, 0) is 11.3 Å². The van der Waals surface area contributed by atoms with Gasteiger partial charge in [-0.15, -0.1) is 0 Å². The Morgan fingerprint density at radius 2 is 2.25 bits per heavy atom. The number of benzene rings is 1. The summed E-state index contributed by atoms with van der Waals surface area (Å²) in [6, 6.07) is 6.31. The van der Waals surface area contributed by atoms with Gasteiger partial charge in [0, 0.05) is 12.0 Å². The van der Waals surface area contributed by atoms with Gasteiger partial charge in [-0.1, -0.05) is 12.1 Å². The SMILES string of the molecule is Cc1nn(CC(=O)NC2CC2c2cccc(F)c2)c(C)c1[N+](=O)[O-]. The minimum Gasteiger partial charge on any atom is -0.351 e. The number of hydrogen-bond acceptors (Lipinski definition) is 4. The van der Waals surface area contributed by atoms with Gasteiger partial charge in [0.25, 0.3) is 0 Å². The maximum atomic E-state index is 13.2. The summed E-state index contributed by atoms with van der Waals surface area (Å²) in [6.07, 6.45) is 0.756. The lowest BCUT2D eigenvalue weighted by Crippen LogP contribution is -2.30. The first-order valence-corrected chi connectivity index (χ1v) is 7.60. The molecule has 1 saturated carbocycles. The van der Waals surface area contributed by atoms with E-state index in [-0.39, 0.29) is 41.6 Å². The third kappa shape index (κ3) is 3.12. The molecule has 0 radical (unpaired) electrons. The number of hydrogen-bond donors (Lipinski definition) is 1. The van der Waals surface area contributed by atoms with E-state index in [0.717, 1.165) is 12.0 Å². The van der Waals surface area contributed by atoms with Crippen molar-refractivity contribution >= 4 is 11.6 Å². The molecule has 1 aliphatic rings. The molecule has 126 valence electrons. The molecule has 1 aromatic heterocycles. The average Bonchev–Trinajstić information content (AvgIpc) is 3.19. The largest absolute Gasteiger partial charge is 0.351 e. The van der Waals surface area contributed by atoms with Crippen molar-refractivity contribution in [3.8, 4) is 0 Å². The first kappa shape index (κ1) is 16.1. The van der Waals surface area contributed by atoms with Crippen LogP contribution in [0.5, 0.6) is 0 Å². The fourth-order valence-corrected chi connectivity index (χ4v) is 2.95. The van der Waals surface area contributed by atoms with Gasteiger partial charge in [-0.25, -0.2) is 4.39 Å². The van der Waals surface area contributed by atoms with E-state index in [1.807, 2.05) is 6.07 Å². The van der Waals surface area contributed by atoms with Crippen LogP contribution in [0.3, 0.4) is 0 Å². The Balaban J connectivity index is 1.62. The molecule has 1 heterocycles. The molecule has 0 aliphatic heterocycles. The van der Waals surface area contributed by atoms with Crippen molar-refractivity contribution in [1.82, 2.24) is 15.1 Å². The minimum atomic E-state index is -0.493. The molecular weight excluding hydrogens is 315 g/mol. The Kier molecular flexibility index (Phi) is 4.04. The van der Waals surface area contributed by atoms with Crippen LogP contribution < -0.4 is 5.32 Å². The first-order valence-electron chi connectivity index (χ1n) is 7.60. The zero-order valence-electron chi connectivity index (χ0n) is 13.3. The second-order valence-electron chi connectivity index (χ2n) is 6.01. The van der Waals surface area contributed by atoms with E-state index in [1.54, 1.807) is 19.9 Å². The highest BCUT2D eigenvalue weighted by atomic mass is 19.1. The molecule has 1 aromatic carbocycles. The van der Waals surface area contributed by atoms with Gasteiger partial charge < -0.3 is 5.32 Å². The van der Waals surface area contributed by atoms with Crippen LogP contribution in [-0.4, -0.2) is 26.7 Å². The molecule has 0 spiro atoms. The van der Waals surface area contributed by atoms with Crippen molar-refractivity contribution in [3.05, 3.63) is 57.1 Å². The summed E-state index contributed by atoms with van der Waals surface area (Å²) in [5.41, 5.74) is 1.44. The molecule has 2 atom stereocenters. The maximum absolute atomic E-state index is 13.2. The minimum absolute atomic E-state index is 0.0359. The van der Waals surface area contributed by atoms with Crippen LogP contribution in [0.2, 0.25) is 0 Å². The third-order valence-electron chi connectivity index (χ3n) is 4.23. The Labute approximate surface area is 137 Å². The van der Waals surface area contributed by atoms with Gasteiger partial charge >= 0.3 is 5.69 Å². The highest BCUT2D eigenvalue weighted by Gasteiger charge is 2.39. The van der Waals surface area contributed by atoms with Gasteiger partial charge in [-0.2, -0.15) is 5.10 Å². The van der Waals surface area contributed by atoms with Crippen molar-refractivity contribution in [2.45, 2.75) is 38.8 Å². The Morgan fingerprint density at radius 3 is 2.88 bits per heavy atom. The molecule has 0 saturated heterocycles. The van der Waals surface area contributed by atoms with Crippen LogP contribution in [0.1, 0.15) is 29.3 Å². The molecular formula is C16H17FN4O3. The van der Waals surface area contributed by atoms with Crippen molar-refractivity contribution in [2.75, 3.05) is 0 Å². The van der Waals surface area contributed by atoms with Gasteiger partial charge in [-0.05, 0) is 38.0 Å². The normalized spacial score (nSPS) is 19.1. The van der Waals surface area contributed by atoms with Crippen molar-refractivity contribution in [1.29, 1.82) is 0 Å². The first-order chi connectivity index (χ1) is 11.4. The number of halogens is 1. The second-order valence-corrected chi connectivity index (χ2v) is 6.01. The maximum Gasteiger partial charge on any atom is 0.312 e. The van der Waals surface area contributed by atoms with E-state index in [4.69, 9.17) is 0 Å². The van der Waals surface area contributed by atoms with Gasteiger partial charge in [0.1, 0.15) is 23.7 Å². The molecule has 0 bridgehead atoms. The number of carbonyl (C=O) groups excluding carboxylic acids is 1. The molecule has 1 fully saturated rings. The molecule has 2 aromatic rings. The third-order valence-corrected chi connectivity index (χ3v) is 4.23. The zero-order valence-corrected chi connectivity index (χ0v) is 13.3. The van der Waals surface area contributed by atoms with Crippen molar-refractivity contribution < 1.29 is 14.1 Å². The lowest BCUT2D eigenvalue weighted by Gasteiger charge is -2.06. The molecule has 1 N–H and O–H groups in total. The Hall–Kier alpha value is -2.77. The topological polar surface area (TPSA) is 90.1 Å². The number of nitrogens with zero attached hydrogens (tertiary/aromatic N) is 3. The number of amides is 1. The van der Waals surface area contributed by atoms with E-state index >= 15 is 0 Å². The highest BCUT2D eigenvalue weighted by molar-refractivity contribution is 5.76. The molecule has 8 heteroatoms. The highest BCUT2D eigenvalue weighted by Crippen LogP contribution is 2.40. The van der Waals surface area contributed by atoms with Gasteiger partial charge in [-0.3, -0.25) is 19.6 Å². The van der Waals surface area contributed by atoms with Crippen LogP contribution in [0, 0.1) is 29.8 Å². The number of rotatable bonds is 5. The number of aryl methyl sites for hydroxylation is 1. The predicted molar refractivity (Wildman–Crippen MR) is 84.0 cm³/mol. The van der Waals surface area contributed by atoms with Crippen LogP contribution >= 0.6 is 0 Å². The Bertz CT molecular complexity index is 818. The van der Waals surface area contributed by atoms with Gasteiger partial charge in [0.15, 0.2) is 0 Å². The number of nitrogens with one attached hydrogen (secondary N) is 1. The van der Waals surface area contributed by atoms with E-state index < -0.39 is 4.92 Å². The summed E-state index contributed by atoms with van der Waals surface area (Å²) >= 11 is 0. The number of aromatic nitrogens is 2. The molecule has 3 rings (SSSR count). The van der Waals surface area contributed by atoms with E-state index in [1.165, 1.54) is 16.8 Å². The number of nitro groups is 1. The number of carbonyl (C=O) groups is 1. The van der Waals surface area contributed by atoms with E-state index in [0.29, 0.717) is 5.69 Å². The van der Waals surface area contributed by atoms with E-state index in [2.05, 4.69) is 10.4 Å².